The first-order chi connectivity index (χ1) is 12.4. The molecule has 1 aromatic heterocycles. The van der Waals surface area contributed by atoms with E-state index in [9.17, 15) is 8.42 Å². The summed E-state index contributed by atoms with van der Waals surface area (Å²) in [5.41, 5.74) is 3.03. The van der Waals surface area contributed by atoms with Crippen molar-refractivity contribution in [3.63, 3.8) is 0 Å². The van der Waals surface area contributed by atoms with Crippen LogP contribution in [0.25, 0.3) is 21.6 Å². The maximum Gasteiger partial charge on any atom is 0.175 e. The van der Waals surface area contributed by atoms with Crippen molar-refractivity contribution in [1.82, 2.24) is 0 Å². The van der Waals surface area contributed by atoms with Gasteiger partial charge in [-0.15, -0.1) is 0 Å². The van der Waals surface area contributed by atoms with Crippen LogP contribution in [0.5, 0.6) is 5.75 Å². The largest absolute Gasteiger partial charge is 0.494 e. The Morgan fingerprint density at radius 2 is 1.58 bits per heavy atom. The third-order valence-electron chi connectivity index (χ3n) is 3.79. The maximum atomic E-state index is 11.7. The molecule has 0 N–H and O–H groups in total. The summed E-state index contributed by atoms with van der Waals surface area (Å²) in [4.78, 5) is 1.38. The lowest BCUT2D eigenvalue weighted by atomic mass is 10.0. The van der Waals surface area contributed by atoms with Gasteiger partial charge >= 0.3 is 0 Å². The molecule has 0 radical (unpaired) electrons. The van der Waals surface area contributed by atoms with Crippen LogP contribution >= 0.6 is 32.9 Å². The molecule has 0 fully saturated rings. The van der Waals surface area contributed by atoms with Gasteiger partial charge in [0.1, 0.15) is 9.57 Å². The summed E-state index contributed by atoms with van der Waals surface area (Å²) < 4.78 is 29.8. The molecule has 26 heavy (non-hydrogen) atoms. The second kappa shape index (κ2) is 8.00. The number of benzene rings is 2. The van der Waals surface area contributed by atoms with Crippen LogP contribution in [0, 0.1) is 3.82 Å². The number of sulfone groups is 1. The monoisotopic (exact) mass is 422 g/mol. The molecule has 0 bridgehead atoms. The molecule has 0 saturated carbocycles. The fourth-order valence-corrected chi connectivity index (χ4v) is 6.04. The van der Waals surface area contributed by atoms with Crippen LogP contribution in [0.4, 0.5) is 0 Å². The molecule has 3 aromatic rings. The Balaban J connectivity index is 1.98. The van der Waals surface area contributed by atoms with E-state index in [2.05, 4.69) is 6.92 Å². The van der Waals surface area contributed by atoms with E-state index in [4.69, 9.17) is 17.0 Å². The van der Waals surface area contributed by atoms with E-state index in [0.717, 1.165) is 37.6 Å². The topological polar surface area (TPSA) is 43.4 Å². The molecule has 0 aliphatic carbocycles. The SMILES string of the molecule is CCCOc1ccc(-c2c(-c3ccc(S(C)(=O)=O)cc3)ssc2=S)cc1. The minimum Gasteiger partial charge on any atom is -0.494 e. The Kier molecular flexibility index (Phi) is 5.92. The fraction of sp³-hybridized carbons (Fsp3) is 0.211. The Morgan fingerprint density at radius 1 is 0.962 bits per heavy atom. The lowest BCUT2D eigenvalue weighted by molar-refractivity contribution is 0.317. The smallest absolute Gasteiger partial charge is 0.175 e. The first-order valence-electron chi connectivity index (χ1n) is 8.07. The van der Waals surface area contributed by atoms with Crippen molar-refractivity contribution in [2.75, 3.05) is 12.9 Å². The number of ether oxygens (including phenoxy) is 1. The molecular weight excluding hydrogens is 404 g/mol. The summed E-state index contributed by atoms with van der Waals surface area (Å²) in [5, 5.41) is 0. The van der Waals surface area contributed by atoms with E-state index in [1.165, 1.54) is 6.26 Å². The summed E-state index contributed by atoms with van der Waals surface area (Å²) in [6.45, 7) is 2.77. The van der Waals surface area contributed by atoms with Gasteiger partial charge in [0, 0.05) is 11.8 Å². The third kappa shape index (κ3) is 4.23. The average Bonchev–Trinajstić information content (AvgIpc) is 3.01. The summed E-state index contributed by atoms with van der Waals surface area (Å²) in [6.07, 6.45) is 2.18. The van der Waals surface area contributed by atoms with Crippen LogP contribution < -0.4 is 4.74 Å². The standard InChI is InChI=1S/C19H18O3S4/c1-3-12-22-15-8-4-13(5-9-15)17-18(24-25-19(17)23)14-6-10-16(11-7-14)26(2,20)21/h4-11H,3,12H2,1-2H3. The number of hydrogen-bond donors (Lipinski definition) is 0. The lowest BCUT2D eigenvalue weighted by Crippen LogP contribution is -1.96. The molecule has 3 rings (SSSR count). The van der Waals surface area contributed by atoms with Gasteiger partial charge in [-0.25, -0.2) is 8.42 Å². The molecule has 0 unspecified atom stereocenters. The Labute approximate surface area is 166 Å². The summed E-state index contributed by atoms with van der Waals surface area (Å²) in [5.74, 6) is 0.847. The van der Waals surface area contributed by atoms with Gasteiger partial charge in [0.2, 0.25) is 0 Å². The van der Waals surface area contributed by atoms with Crippen LogP contribution in [0.15, 0.2) is 53.4 Å². The molecule has 2 aromatic carbocycles. The Bertz CT molecular complexity index is 1040. The molecular formula is C19H18O3S4. The van der Waals surface area contributed by atoms with Crippen molar-refractivity contribution in [2.24, 2.45) is 0 Å². The quantitative estimate of drug-likeness (QED) is 0.357. The highest BCUT2D eigenvalue weighted by atomic mass is 32.9. The van der Waals surface area contributed by atoms with Gasteiger partial charge in [-0.1, -0.05) is 64.1 Å². The average molecular weight is 423 g/mol. The first kappa shape index (κ1) is 19.2. The van der Waals surface area contributed by atoms with E-state index in [1.54, 1.807) is 32.8 Å². The zero-order chi connectivity index (χ0) is 18.7. The van der Waals surface area contributed by atoms with Crippen molar-refractivity contribution >= 4 is 42.7 Å². The van der Waals surface area contributed by atoms with E-state index in [-0.39, 0.29) is 0 Å². The molecule has 3 nitrogen and oxygen atoms in total. The van der Waals surface area contributed by atoms with E-state index >= 15 is 0 Å². The van der Waals surface area contributed by atoms with Crippen LogP contribution in [-0.4, -0.2) is 21.3 Å². The van der Waals surface area contributed by atoms with Gasteiger partial charge in [0.05, 0.1) is 16.4 Å². The number of hydrogen-bond acceptors (Lipinski definition) is 6. The maximum absolute atomic E-state index is 11.7. The fourth-order valence-electron chi connectivity index (χ4n) is 2.49. The van der Waals surface area contributed by atoms with Gasteiger partial charge in [-0.2, -0.15) is 0 Å². The number of rotatable bonds is 6. The molecule has 0 atom stereocenters. The second-order valence-corrected chi connectivity index (χ2v) is 10.7. The highest BCUT2D eigenvalue weighted by Gasteiger charge is 2.14. The highest BCUT2D eigenvalue weighted by Crippen LogP contribution is 2.41. The zero-order valence-electron chi connectivity index (χ0n) is 14.4. The van der Waals surface area contributed by atoms with Gasteiger partial charge in [0.15, 0.2) is 9.84 Å². The third-order valence-corrected chi connectivity index (χ3v) is 7.99. The second-order valence-electron chi connectivity index (χ2n) is 5.83. The molecule has 0 aliphatic heterocycles. The van der Waals surface area contributed by atoms with Crippen LogP contribution in [0.2, 0.25) is 0 Å². The molecule has 0 amide bonds. The van der Waals surface area contributed by atoms with Crippen molar-refractivity contribution in [3.05, 3.63) is 52.4 Å². The van der Waals surface area contributed by atoms with Gasteiger partial charge < -0.3 is 4.74 Å². The van der Waals surface area contributed by atoms with E-state index in [1.807, 2.05) is 36.4 Å². The van der Waals surface area contributed by atoms with Gasteiger partial charge in [-0.05, 0) is 41.8 Å². The minimum atomic E-state index is -3.20. The Hall–Kier alpha value is -1.54. The van der Waals surface area contributed by atoms with E-state index < -0.39 is 9.84 Å². The van der Waals surface area contributed by atoms with Crippen molar-refractivity contribution in [2.45, 2.75) is 18.2 Å². The summed E-state index contributed by atoms with van der Waals surface area (Å²) in [6, 6.07) is 14.9. The molecule has 0 saturated heterocycles. The molecule has 7 heteroatoms. The van der Waals surface area contributed by atoms with Crippen LogP contribution in [0.3, 0.4) is 0 Å². The predicted molar refractivity (Wildman–Crippen MR) is 113 cm³/mol. The van der Waals surface area contributed by atoms with Crippen molar-refractivity contribution in [3.8, 4) is 27.3 Å². The predicted octanol–water partition coefficient (Wildman–Crippen LogP) is 6.07. The van der Waals surface area contributed by atoms with Crippen molar-refractivity contribution in [1.29, 1.82) is 0 Å². The minimum absolute atomic E-state index is 0.319. The van der Waals surface area contributed by atoms with Gasteiger partial charge in [-0.3, -0.25) is 0 Å². The summed E-state index contributed by atoms with van der Waals surface area (Å²) >= 11 is 5.54. The lowest BCUT2D eigenvalue weighted by Gasteiger charge is -2.07. The molecule has 0 aliphatic rings. The highest BCUT2D eigenvalue weighted by molar-refractivity contribution is 7.90. The normalized spacial score (nSPS) is 11.5. The van der Waals surface area contributed by atoms with Crippen LogP contribution in [-0.2, 0) is 9.84 Å². The zero-order valence-corrected chi connectivity index (χ0v) is 17.7. The Morgan fingerprint density at radius 3 is 2.15 bits per heavy atom. The summed E-state index contributed by atoms with van der Waals surface area (Å²) in [7, 11) is -0.0320. The molecule has 136 valence electrons. The van der Waals surface area contributed by atoms with Crippen LogP contribution in [0.1, 0.15) is 13.3 Å². The molecule has 0 spiro atoms. The first-order valence-corrected chi connectivity index (χ1v) is 12.5. The molecule has 1 heterocycles. The van der Waals surface area contributed by atoms with Gasteiger partial charge in [0.25, 0.3) is 0 Å². The van der Waals surface area contributed by atoms with E-state index in [0.29, 0.717) is 11.5 Å². The van der Waals surface area contributed by atoms with Crippen molar-refractivity contribution < 1.29 is 13.2 Å².